The van der Waals surface area contributed by atoms with E-state index >= 15 is 0 Å². The lowest BCUT2D eigenvalue weighted by molar-refractivity contribution is 0.120. The van der Waals surface area contributed by atoms with Crippen molar-refractivity contribution in [2.45, 2.75) is 32.3 Å². The smallest absolute Gasteiger partial charge is 0.149 e. The molecular weight excluding hydrogens is 234 g/mol. The highest BCUT2D eigenvalue weighted by Gasteiger charge is 2.20. The van der Waals surface area contributed by atoms with Crippen LogP contribution in [0.1, 0.15) is 24.3 Å². The van der Waals surface area contributed by atoms with Crippen molar-refractivity contribution in [1.29, 1.82) is 0 Å². The Labute approximate surface area is 104 Å². The molecule has 1 saturated carbocycles. The second kappa shape index (κ2) is 4.18. The average Bonchev–Trinajstić information content (AvgIpc) is 2.62. The molecule has 1 aromatic carbocycles. The summed E-state index contributed by atoms with van der Waals surface area (Å²) in [6.07, 6.45) is 4.01. The first kappa shape index (κ1) is 10.8. The van der Waals surface area contributed by atoms with Gasteiger partial charge in [0.2, 0.25) is 0 Å². The van der Waals surface area contributed by atoms with Crippen LogP contribution >= 0.6 is 11.3 Å². The molecule has 3 nitrogen and oxygen atoms in total. The molecule has 90 valence electrons. The molecule has 0 bridgehead atoms. The normalized spacial score (nSPS) is 15.9. The standard InChI is InChI=1S/C13H15NO2S/c1-8-14-13-11(15-2)6-10(7-12(13)17-8)16-9-4-3-5-9/h6-7,9H,3-5H2,1-2H3. The number of aromatic nitrogens is 1. The Morgan fingerprint density at radius 2 is 2.18 bits per heavy atom. The van der Waals surface area contributed by atoms with Crippen LogP contribution in [0.4, 0.5) is 0 Å². The maximum Gasteiger partial charge on any atom is 0.149 e. The van der Waals surface area contributed by atoms with Gasteiger partial charge in [0.1, 0.15) is 17.0 Å². The molecule has 2 aromatic rings. The molecule has 4 heteroatoms. The van der Waals surface area contributed by atoms with Gasteiger partial charge in [-0.25, -0.2) is 4.98 Å². The number of benzene rings is 1. The fraction of sp³-hybridized carbons (Fsp3) is 0.462. The summed E-state index contributed by atoms with van der Waals surface area (Å²) in [6, 6.07) is 4.01. The first-order valence-corrected chi connectivity index (χ1v) is 6.70. The number of rotatable bonds is 3. The van der Waals surface area contributed by atoms with Gasteiger partial charge in [-0.1, -0.05) is 0 Å². The van der Waals surface area contributed by atoms with Crippen LogP contribution in [-0.2, 0) is 0 Å². The minimum atomic E-state index is 0.395. The number of hydrogen-bond donors (Lipinski definition) is 0. The third-order valence-electron chi connectivity index (χ3n) is 3.12. The molecule has 17 heavy (non-hydrogen) atoms. The Hall–Kier alpha value is -1.29. The second-order valence-corrected chi connectivity index (χ2v) is 5.61. The van der Waals surface area contributed by atoms with Crippen LogP contribution in [0.5, 0.6) is 11.5 Å². The largest absolute Gasteiger partial charge is 0.494 e. The summed E-state index contributed by atoms with van der Waals surface area (Å²) in [5, 5.41) is 1.05. The molecule has 1 aromatic heterocycles. The quantitative estimate of drug-likeness (QED) is 0.833. The molecule has 3 rings (SSSR count). The van der Waals surface area contributed by atoms with Crippen LogP contribution in [0.3, 0.4) is 0 Å². The third kappa shape index (κ3) is 1.97. The number of fused-ring (bicyclic) bond motifs is 1. The fourth-order valence-electron chi connectivity index (χ4n) is 1.99. The van der Waals surface area contributed by atoms with Gasteiger partial charge in [0, 0.05) is 6.07 Å². The summed E-state index contributed by atoms with van der Waals surface area (Å²) in [5.74, 6) is 1.71. The van der Waals surface area contributed by atoms with Gasteiger partial charge in [0.15, 0.2) is 0 Å². The van der Waals surface area contributed by atoms with E-state index in [1.807, 2.05) is 13.0 Å². The predicted molar refractivity (Wildman–Crippen MR) is 69.2 cm³/mol. The summed E-state index contributed by atoms with van der Waals surface area (Å²) in [5.41, 5.74) is 0.941. The monoisotopic (exact) mass is 249 g/mol. The van der Waals surface area contributed by atoms with Crippen molar-refractivity contribution in [3.63, 3.8) is 0 Å². The first-order valence-electron chi connectivity index (χ1n) is 5.88. The molecule has 0 amide bonds. The van der Waals surface area contributed by atoms with Gasteiger partial charge in [0.25, 0.3) is 0 Å². The molecule has 0 atom stereocenters. The zero-order valence-corrected chi connectivity index (χ0v) is 10.8. The van der Waals surface area contributed by atoms with E-state index in [-0.39, 0.29) is 0 Å². The topological polar surface area (TPSA) is 31.4 Å². The maximum absolute atomic E-state index is 5.91. The van der Waals surface area contributed by atoms with E-state index in [9.17, 15) is 0 Å². The lowest BCUT2D eigenvalue weighted by atomic mass is 9.96. The van der Waals surface area contributed by atoms with Gasteiger partial charge < -0.3 is 9.47 Å². The summed E-state index contributed by atoms with van der Waals surface area (Å²) in [7, 11) is 1.68. The Balaban J connectivity index is 2.00. The van der Waals surface area contributed by atoms with E-state index < -0.39 is 0 Å². The van der Waals surface area contributed by atoms with Crippen LogP contribution < -0.4 is 9.47 Å². The molecule has 1 fully saturated rings. The third-order valence-corrected chi connectivity index (χ3v) is 4.03. The van der Waals surface area contributed by atoms with E-state index in [2.05, 4.69) is 11.1 Å². The Bertz CT molecular complexity index is 546. The van der Waals surface area contributed by atoms with E-state index in [4.69, 9.17) is 9.47 Å². The van der Waals surface area contributed by atoms with Gasteiger partial charge in [-0.3, -0.25) is 0 Å². The lowest BCUT2D eigenvalue weighted by Crippen LogP contribution is -2.24. The maximum atomic E-state index is 5.91. The molecule has 1 heterocycles. The minimum Gasteiger partial charge on any atom is -0.494 e. The highest BCUT2D eigenvalue weighted by atomic mass is 32.1. The number of nitrogens with zero attached hydrogens (tertiary/aromatic N) is 1. The van der Waals surface area contributed by atoms with Gasteiger partial charge in [-0.05, 0) is 32.3 Å². The predicted octanol–water partition coefficient (Wildman–Crippen LogP) is 3.54. The van der Waals surface area contributed by atoms with Crippen molar-refractivity contribution in [2.75, 3.05) is 7.11 Å². The lowest BCUT2D eigenvalue weighted by Gasteiger charge is -2.26. The van der Waals surface area contributed by atoms with Crippen molar-refractivity contribution >= 4 is 21.6 Å². The van der Waals surface area contributed by atoms with Crippen LogP contribution in [0.25, 0.3) is 10.2 Å². The summed E-state index contributed by atoms with van der Waals surface area (Å²) >= 11 is 1.68. The summed E-state index contributed by atoms with van der Waals surface area (Å²) in [4.78, 5) is 4.48. The molecule has 0 unspecified atom stereocenters. The zero-order valence-electron chi connectivity index (χ0n) is 10.0. The number of methoxy groups -OCH3 is 1. The Morgan fingerprint density at radius 1 is 1.35 bits per heavy atom. The van der Waals surface area contributed by atoms with E-state index in [1.165, 1.54) is 19.3 Å². The van der Waals surface area contributed by atoms with Crippen molar-refractivity contribution in [3.8, 4) is 11.5 Å². The highest BCUT2D eigenvalue weighted by Crippen LogP contribution is 2.35. The molecule has 0 radical (unpaired) electrons. The number of hydrogen-bond acceptors (Lipinski definition) is 4. The van der Waals surface area contributed by atoms with E-state index in [1.54, 1.807) is 18.4 Å². The number of ether oxygens (including phenoxy) is 2. The van der Waals surface area contributed by atoms with Crippen molar-refractivity contribution in [1.82, 2.24) is 4.98 Å². The van der Waals surface area contributed by atoms with Gasteiger partial charge in [-0.2, -0.15) is 0 Å². The average molecular weight is 249 g/mol. The van der Waals surface area contributed by atoms with Gasteiger partial charge in [-0.15, -0.1) is 11.3 Å². The SMILES string of the molecule is COc1cc(OC2CCC2)cc2sc(C)nc12. The molecule has 0 N–H and O–H groups in total. The molecular formula is C13H15NO2S. The number of aryl methyl sites for hydroxylation is 1. The Kier molecular flexibility index (Phi) is 2.67. The second-order valence-electron chi connectivity index (χ2n) is 4.38. The van der Waals surface area contributed by atoms with Crippen molar-refractivity contribution < 1.29 is 9.47 Å². The van der Waals surface area contributed by atoms with Crippen molar-refractivity contribution in [2.24, 2.45) is 0 Å². The molecule has 1 aliphatic rings. The molecule has 0 saturated heterocycles. The van der Waals surface area contributed by atoms with Crippen LogP contribution in [-0.4, -0.2) is 18.2 Å². The van der Waals surface area contributed by atoms with E-state index in [0.29, 0.717) is 6.10 Å². The highest BCUT2D eigenvalue weighted by molar-refractivity contribution is 7.18. The molecule has 0 aliphatic heterocycles. The van der Waals surface area contributed by atoms with Crippen LogP contribution in [0, 0.1) is 6.92 Å². The first-order chi connectivity index (χ1) is 8.26. The molecule has 1 aliphatic carbocycles. The summed E-state index contributed by atoms with van der Waals surface area (Å²) < 4.78 is 12.4. The Morgan fingerprint density at radius 3 is 2.82 bits per heavy atom. The van der Waals surface area contributed by atoms with Gasteiger partial charge >= 0.3 is 0 Å². The molecule has 0 spiro atoms. The fourth-order valence-corrected chi connectivity index (χ4v) is 2.86. The zero-order chi connectivity index (χ0) is 11.8. The van der Waals surface area contributed by atoms with Gasteiger partial charge in [0.05, 0.1) is 22.9 Å². The van der Waals surface area contributed by atoms with Crippen LogP contribution in [0.2, 0.25) is 0 Å². The van der Waals surface area contributed by atoms with Crippen molar-refractivity contribution in [3.05, 3.63) is 17.1 Å². The summed E-state index contributed by atoms with van der Waals surface area (Å²) in [6.45, 7) is 2.01. The number of thiazole rings is 1. The minimum absolute atomic E-state index is 0.395. The van der Waals surface area contributed by atoms with E-state index in [0.717, 1.165) is 26.7 Å². The van der Waals surface area contributed by atoms with Crippen LogP contribution in [0.15, 0.2) is 12.1 Å².